The van der Waals surface area contributed by atoms with E-state index < -0.39 is 11.8 Å². The van der Waals surface area contributed by atoms with Crippen molar-refractivity contribution in [3.8, 4) is 45.3 Å². The number of rotatable bonds is 6. The smallest absolute Gasteiger partial charge is 0.145 e. The number of aromatic nitrogens is 3. The average molecular weight is 770 g/mol. The molecule has 0 spiro atoms. The normalized spacial score (nSPS) is 13.5. The summed E-state index contributed by atoms with van der Waals surface area (Å²) in [5.41, 5.74) is 9.91. The van der Waals surface area contributed by atoms with E-state index in [1.807, 2.05) is 81.7 Å². The summed E-state index contributed by atoms with van der Waals surface area (Å²) in [7, 11) is 0. The highest BCUT2D eigenvalue weighted by Gasteiger charge is 2.22. The molecule has 9 aromatic rings. The van der Waals surface area contributed by atoms with Gasteiger partial charge in [-0.05, 0) is 99.0 Å². The number of furan rings is 1. The second-order valence-corrected chi connectivity index (χ2v) is 19.2. The van der Waals surface area contributed by atoms with E-state index in [1.54, 1.807) is 11.3 Å². The summed E-state index contributed by atoms with van der Waals surface area (Å²) in [6, 6.07) is 37.4. The van der Waals surface area contributed by atoms with Crippen molar-refractivity contribution in [1.82, 2.24) is 14.4 Å². The third kappa shape index (κ3) is 7.01. The summed E-state index contributed by atoms with van der Waals surface area (Å²) in [5, 5.41) is 1.81. The number of hydrogen-bond donors (Lipinski definition) is 0. The number of imidazole rings is 1. The zero-order valence-electron chi connectivity index (χ0n) is 36.1. The molecule has 286 valence electrons. The van der Waals surface area contributed by atoms with Crippen molar-refractivity contribution in [2.45, 2.75) is 79.5 Å². The van der Waals surface area contributed by atoms with Crippen LogP contribution in [0.2, 0.25) is 0 Å². The minimum Gasteiger partial charge on any atom is -0.457 e. The first-order valence-corrected chi connectivity index (χ1v) is 20.4. The molecular formula is C51H49N3O2S. The fourth-order valence-corrected chi connectivity index (χ4v) is 8.88. The van der Waals surface area contributed by atoms with Crippen LogP contribution in [0.15, 0.2) is 126 Å². The fraction of sp³-hybridized carbons (Fsp3) is 0.255. The van der Waals surface area contributed by atoms with Crippen LogP contribution in [0.1, 0.15) is 81.7 Å². The van der Waals surface area contributed by atoms with Gasteiger partial charge in [-0.15, -0.1) is 11.3 Å². The van der Waals surface area contributed by atoms with E-state index in [9.17, 15) is 0 Å². The molecule has 0 bridgehead atoms. The molecule has 9 rings (SSSR count). The van der Waals surface area contributed by atoms with E-state index in [-0.39, 0.29) is 10.8 Å². The van der Waals surface area contributed by atoms with Crippen molar-refractivity contribution in [3.63, 3.8) is 0 Å². The van der Waals surface area contributed by atoms with Gasteiger partial charge in [0.25, 0.3) is 0 Å². The van der Waals surface area contributed by atoms with E-state index in [2.05, 4.69) is 107 Å². The van der Waals surface area contributed by atoms with Gasteiger partial charge >= 0.3 is 0 Å². The van der Waals surface area contributed by atoms with Crippen LogP contribution >= 0.6 is 11.3 Å². The molecule has 0 fully saturated rings. The Hall–Kier alpha value is -5.72. The van der Waals surface area contributed by atoms with E-state index >= 15 is 0 Å². The second-order valence-electron chi connectivity index (χ2n) is 18.2. The summed E-state index contributed by atoms with van der Waals surface area (Å²) >= 11 is 1.75. The number of ether oxygens (including phenoxy) is 1. The van der Waals surface area contributed by atoms with Gasteiger partial charge in [0.05, 0.1) is 22.1 Å². The van der Waals surface area contributed by atoms with Crippen LogP contribution in [-0.2, 0) is 17.2 Å². The van der Waals surface area contributed by atoms with Crippen LogP contribution in [0, 0.1) is 5.41 Å². The van der Waals surface area contributed by atoms with Gasteiger partial charge in [0.2, 0.25) is 0 Å². The first-order valence-electron chi connectivity index (χ1n) is 20.6. The molecular weight excluding hydrogens is 719 g/mol. The van der Waals surface area contributed by atoms with Crippen molar-refractivity contribution in [2.75, 3.05) is 0 Å². The Morgan fingerprint density at radius 3 is 2.32 bits per heavy atom. The number of fused-ring (bicyclic) bond motifs is 6. The van der Waals surface area contributed by atoms with Crippen molar-refractivity contribution in [1.29, 1.82) is 0 Å². The van der Waals surface area contributed by atoms with Crippen LogP contribution in [0.5, 0.6) is 11.5 Å². The minimum atomic E-state index is -1.57. The summed E-state index contributed by atoms with van der Waals surface area (Å²) in [5.74, 6) is 2.12. The molecule has 0 saturated carbocycles. The molecule has 4 aromatic heterocycles. The molecule has 0 aliphatic carbocycles. The zero-order chi connectivity index (χ0) is 41.6. The molecule has 5 aromatic carbocycles. The first-order chi connectivity index (χ1) is 27.9. The second kappa shape index (κ2) is 13.5. The average Bonchev–Trinajstić information content (AvgIpc) is 3.88. The summed E-state index contributed by atoms with van der Waals surface area (Å²) in [6.07, 6.45) is 2.25. The molecule has 0 radical (unpaired) electrons. The van der Waals surface area contributed by atoms with Crippen molar-refractivity contribution in [3.05, 3.63) is 138 Å². The highest BCUT2D eigenvalue weighted by atomic mass is 32.1. The van der Waals surface area contributed by atoms with E-state index in [4.69, 9.17) is 21.9 Å². The Morgan fingerprint density at radius 2 is 1.53 bits per heavy atom. The predicted molar refractivity (Wildman–Crippen MR) is 239 cm³/mol. The first kappa shape index (κ1) is 34.5. The van der Waals surface area contributed by atoms with Crippen molar-refractivity contribution in [2.24, 2.45) is 5.41 Å². The summed E-state index contributed by atoms with van der Waals surface area (Å²) in [4.78, 5) is 10.8. The highest BCUT2D eigenvalue weighted by molar-refractivity contribution is 7.24. The lowest BCUT2D eigenvalue weighted by Crippen LogP contribution is -2.12. The summed E-state index contributed by atoms with van der Waals surface area (Å²) in [6.45, 7) is 19.1. The van der Waals surface area contributed by atoms with Gasteiger partial charge in [0, 0.05) is 36.9 Å². The molecule has 0 amide bonds. The topological polar surface area (TPSA) is 52.6 Å². The number of nitrogens with zero attached hydrogens (tertiary/aromatic N) is 3. The predicted octanol–water partition coefficient (Wildman–Crippen LogP) is 14.8. The maximum atomic E-state index is 8.95. The Kier molecular flexibility index (Phi) is 8.15. The Labute approximate surface area is 341 Å². The van der Waals surface area contributed by atoms with Gasteiger partial charge in [0.15, 0.2) is 0 Å². The molecule has 0 aliphatic rings. The van der Waals surface area contributed by atoms with Gasteiger partial charge < -0.3 is 9.15 Å². The van der Waals surface area contributed by atoms with Crippen molar-refractivity contribution < 1.29 is 11.9 Å². The lowest BCUT2D eigenvalue weighted by atomic mass is 9.82. The van der Waals surface area contributed by atoms with E-state index in [1.165, 1.54) is 27.0 Å². The van der Waals surface area contributed by atoms with Crippen LogP contribution in [0.3, 0.4) is 0 Å². The highest BCUT2D eigenvalue weighted by Crippen LogP contribution is 2.43. The van der Waals surface area contributed by atoms with Gasteiger partial charge in [-0.1, -0.05) is 117 Å². The maximum absolute atomic E-state index is 8.95. The molecule has 0 aliphatic heterocycles. The summed E-state index contributed by atoms with van der Waals surface area (Å²) < 4.78 is 34.6. The SMILES string of the molecule is [2H]C([2H])(c1ccc2c(c1)oc1cc(Oc3cccc(-c4ncc5sc6cc(-c7ccccc7C(C)(C)C)ccc6n45)c3)cc(-c3cc(C(C)(C)C)ccn3)c12)C(C)(C)C. The standard InChI is InChI=1S/C51H49N3O2S/c1-49(2,3)29-31-17-19-38-43(23-31)56-44-28-36(27-39(47(38)44)41-26-34(21-22-52-41)50(4,5)6)55-35-14-12-13-33(24-35)48-53-30-46-54(48)42-20-18-32(25-45(42)57-46)37-15-10-11-16-40(37)51(7,8)9/h10-28,30H,29H2,1-9H3/i29D2. The third-order valence-corrected chi connectivity index (χ3v) is 11.5. The Morgan fingerprint density at radius 1 is 0.702 bits per heavy atom. The van der Waals surface area contributed by atoms with Gasteiger partial charge in [-0.25, -0.2) is 4.98 Å². The molecule has 4 heterocycles. The molecule has 57 heavy (non-hydrogen) atoms. The molecule has 6 heteroatoms. The lowest BCUT2D eigenvalue weighted by molar-refractivity contribution is 0.411. The maximum Gasteiger partial charge on any atom is 0.145 e. The lowest BCUT2D eigenvalue weighted by Gasteiger charge is -2.23. The van der Waals surface area contributed by atoms with Gasteiger partial charge in [-0.2, -0.15) is 0 Å². The van der Waals surface area contributed by atoms with Crippen LogP contribution in [0.4, 0.5) is 0 Å². The quantitative estimate of drug-likeness (QED) is 0.169. The molecule has 0 N–H and O–H groups in total. The number of pyridine rings is 1. The fourth-order valence-electron chi connectivity index (χ4n) is 7.83. The van der Waals surface area contributed by atoms with E-state index in [0.717, 1.165) is 43.8 Å². The van der Waals surface area contributed by atoms with E-state index in [0.29, 0.717) is 28.2 Å². The van der Waals surface area contributed by atoms with Crippen LogP contribution < -0.4 is 4.74 Å². The van der Waals surface area contributed by atoms with Crippen LogP contribution in [0.25, 0.3) is 70.8 Å². The molecule has 0 atom stereocenters. The Bertz CT molecular complexity index is 3080. The van der Waals surface area contributed by atoms with Crippen molar-refractivity contribution >= 4 is 48.3 Å². The number of thiazole rings is 1. The van der Waals surface area contributed by atoms with Gasteiger partial charge in [-0.3, -0.25) is 9.38 Å². The molecule has 5 nitrogen and oxygen atoms in total. The minimum absolute atomic E-state index is 0.0285. The molecule has 0 saturated heterocycles. The third-order valence-electron chi connectivity index (χ3n) is 10.5. The monoisotopic (exact) mass is 769 g/mol. The largest absolute Gasteiger partial charge is 0.457 e. The van der Waals surface area contributed by atoms with Crippen LogP contribution in [-0.4, -0.2) is 14.4 Å². The zero-order valence-corrected chi connectivity index (χ0v) is 34.9. The number of hydrogen-bond acceptors (Lipinski definition) is 5. The van der Waals surface area contributed by atoms with Gasteiger partial charge in [0.1, 0.15) is 33.3 Å². The Balaban J connectivity index is 1.12. The molecule has 0 unspecified atom stereocenters. The number of benzene rings is 5.